The van der Waals surface area contributed by atoms with Crippen molar-refractivity contribution in [3.05, 3.63) is 45.6 Å². The number of thioether (sulfide) groups is 1. The minimum Gasteiger partial charge on any atom is -0.309 e. The zero-order valence-corrected chi connectivity index (χ0v) is 16.4. The Morgan fingerprint density at radius 1 is 1.41 bits per heavy atom. The van der Waals surface area contributed by atoms with Crippen molar-refractivity contribution in [3.8, 4) is 11.3 Å². The summed E-state index contributed by atoms with van der Waals surface area (Å²) in [5.41, 5.74) is 1.19. The highest BCUT2D eigenvalue weighted by atomic mass is 32.2. The number of hydrogen-bond acceptors (Lipinski definition) is 8. The summed E-state index contributed by atoms with van der Waals surface area (Å²) in [6.07, 6.45) is 0. The molecule has 0 saturated heterocycles. The SMILES string of the molecule is Cc1nnc(S[C@H](C)C(=O)Nc2nc(-c3cccc([N+](=O)[O-])c3)cs2)n1C. The molecule has 9 nitrogen and oxygen atoms in total. The van der Waals surface area contributed by atoms with Gasteiger partial charge in [-0.1, -0.05) is 23.9 Å². The number of nitro benzene ring substituents is 1. The first kappa shape index (κ1) is 19.0. The number of non-ortho nitro benzene ring substituents is 1. The van der Waals surface area contributed by atoms with Gasteiger partial charge in [0, 0.05) is 30.1 Å². The minimum atomic E-state index is -0.453. The van der Waals surface area contributed by atoms with Gasteiger partial charge >= 0.3 is 0 Å². The highest BCUT2D eigenvalue weighted by Gasteiger charge is 2.19. The van der Waals surface area contributed by atoms with Gasteiger partial charge in [0.1, 0.15) is 5.82 Å². The van der Waals surface area contributed by atoms with Crippen molar-refractivity contribution < 1.29 is 9.72 Å². The van der Waals surface area contributed by atoms with Crippen molar-refractivity contribution in [2.75, 3.05) is 5.32 Å². The smallest absolute Gasteiger partial charge is 0.270 e. The summed E-state index contributed by atoms with van der Waals surface area (Å²) in [6, 6.07) is 6.22. The van der Waals surface area contributed by atoms with Gasteiger partial charge in [-0.2, -0.15) is 0 Å². The molecule has 0 spiro atoms. The third-order valence-corrected chi connectivity index (χ3v) is 5.68. The molecule has 3 aromatic rings. The van der Waals surface area contributed by atoms with Crippen LogP contribution in [0.5, 0.6) is 0 Å². The Morgan fingerprint density at radius 3 is 2.85 bits per heavy atom. The maximum Gasteiger partial charge on any atom is 0.270 e. The van der Waals surface area contributed by atoms with E-state index in [4.69, 9.17) is 0 Å². The average molecular weight is 404 g/mol. The molecule has 0 aliphatic carbocycles. The van der Waals surface area contributed by atoms with Gasteiger partial charge in [0.05, 0.1) is 15.9 Å². The molecule has 1 aromatic carbocycles. The Kier molecular flexibility index (Phi) is 5.51. The Bertz CT molecular complexity index is 1000. The lowest BCUT2D eigenvalue weighted by Crippen LogP contribution is -2.22. The van der Waals surface area contributed by atoms with E-state index < -0.39 is 10.2 Å². The number of aromatic nitrogens is 4. The Balaban J connectivity index is 1.68. The molecule has 0 aliphatic heterocycles. The number of nitrogens with one attached hydrogen (secondary N) is 1. The normalized spacial score (nSPS) is 12.0. The van der Waals surface area contributed by atoms with E-state index in [9.17, 15) is 14.9 Å². The van der Waals surface area contributed by atoms with E-state index in [0.29, 0.717) is 21.5 Å². The number of carbonyl (C=O) groups is 1. The summed E-state index contributed by atoms with van der Waals surface area (Å²) in [4.78, 5) is 27.2. The van der Waals surface area contributed by atoms with Crippen molar-refractivity contribution in [3.63, 3.8) is 0 Å². The van der Waals surface area contributed by atoms with E-state index in [-0.39, 0.29) is 11.6 Å². The molecule has 0 bridgehead atoms. The van der Waals surface area contributed by atoms with Crippen LogP contribution in [0.3, 0.4) is 0 Å². The lowest BCUT2D eigenvalue weighted by Gasteiger charge is -2.09. The fourth-order valence-corrected chi connectivity index (χ4v) is 3.73. The van der Waals surface area contributed by atoms with Crippen LogP contribution in [0.2, 0.25) is 0 Å². The number of rotatable bonds is 6. The van der Waals surface area contributed by atoms with Crippen molar-refractivity contribution in [1.82, 2.24) is 19.7 Å². The molecule has 2 heterocycles. The topological polar surface area (TPSA) is 116 Å². The van der Waals surface area contributed by atoms with E-state index in [1.807, 2.05) is 18.5 Å². The van der Waals surface area contributed by atoms with Crippen LogP contribution in [0.25, 0.3) is 11.3 Å². The van der Waals surface area contributed by atoms with Gasteiger partial charge in [-0.3, -0.25) is 14.9 Å². The maximum atomic E-state index is 12.4. The molecular weight excluding hydrogens is 388 g/mol. The fourth-order valence-electron chi connectivity index (χ4n) is 2.15. The zero-order chi connectivity index (χ0) is 19.6. The Labute approximate surface area is 163 Å². The predicted molar refractivity (Wildman–Crippen MR) is 104 cm³/mol. The first-order chi connectivity index (χ1) is 12.8. The number of aryl methyl sites for hydroxylation is 1. The average Bonchev–Trinajstić information content (AvgIpc) is 3.24. The van der Waals surface area contributed by atoms with E-state index in [1.165, 1.54) is 35.2 Å². The maximum absolute atomic E-state index is 12.4. The largest absolute Gasteiger partial charge is 0.309 e. The third-order valence-electron chi connectivity index (χ3n) is 3.79. The second-order valence-corrected chi connectivity index (χ2v) is 7.85. The molecule has 1 atom stereocenters. The van der Waals surface area contributed by atoms with E-state index in [0.717, 1.165) is 5.82 Å². The molecule has 1 amide bonds. The molecule has 3 rings (SSSR count). The summed E-state index contributed by atoms with van der Waals surface area (Å²) in [5, 5.41) is 24.1. The van der Waals surface area contributed by atoms with Crippen LogP contribution in [0.4, 0.5) is 10.8 Å². The van der Waals surface area contributed by atoms with Gasteiger partial charge in [0.2, 0.25) is 5.91 Å². The van der Waals surface area contributed by atoms with Gasteiger partial charge in [-0.25, -0.2) is 4.98 Å². The standard InChI is InChI=1S/C16H16N6O3S2/c1-9(27-16-20-19-10(2)21(16)3)14(23)18-15-17-13(8-26-15)11-5-4-6-12(7-11)22(24)25/h4-9H,1-3H3,(H,17,18,23)/t9-/m1/s1. The molecule has 0 unspecified atom stereocenters. The summed E-state index contributed by atoms with van der Waals surface area (Å²) in [5.74, 6) is 0.562. The lowest BCUT2D eigenvalue weighted by molar-refractivity contribution is -0.384. The van der Waals surface area contributed by atoms with Crippen molar-refractivity contribution in [1.29, 1.82) is 0 Å². The van der Waals surface area contributed by atoms with Crippen LogP contribution < -0.4 is 5.32 Å². The monoisotopic (exact) mass is 404 g/mol. The summed E-state index contributed by atoms with van der Waals surface area (Å²) < 4.78 is 1.82. The molecule has 11 heteroatoms. The quantitative estimate of drug-likeness (QED) is 0.381. The first-order valence-electron chi connectivity index (χ1n) is 7.89. The van der Waals surface area contributed by atoms with E-state index in [1.54, 1.807) is 24.4 Å². The number of hydrogen-bond donors (Lipinski definition) is 1. The summed E-state index contributed by atoms with van der Waals surface area (Å²) in [6.45, 7) is 3.62. The second-order valence-electron chi connectivity index (χ2n) is 5.68. The van der Waals surface area contributed by atoms with Gasteiger partial charge in [0.25, 0.3) is 5.69 Å². The Morgan fingerprint density at radius 2 is 2.19 bits per heavy atom. The molecule has 1 N–H and O–H groups in total. The van der Waals surface area contributed by atoms with Crippen molar-refractivity contribution in [2.45, 2.75) is 24.3 Å². The number of anilines is 1. The van der Waals surface area contributed by atoms with Gasteiger partial charge < -0.3 is 9.88 Å². The van der Waals surface area contributed by atoms with Crippen LogP contribution in [0.1, 0.15) is 12.7 Å². The lowest BCUT2D eigenvalue weighted by atomic mass is 10.1. The molecule has 140 valence electrons. The highest BCUT2D eigenvalue weighted by Crippen LogP contribution is 2.28. The van der Waals surface area contributed by atoms with Crippen LogP contribution in [0.15, 0.2) is 34.8 Å². The van der Waals surface area contributed by atoms with Crippen LogP contribution in [0, 0.1) is 17.0 Å². The van der Waals surface area contributed by atoms with Crippen molar-refractivity contribution in [2.24, 2.45) is 7.05 Å². The number of amides is 1. The molecule has 0 fully saturated rings. The third kappa shape index (κ3) is 4.31. The number of carbonyl (C=O) groups excluding carboxylic acids is 1. The summed E-state index contributed by atoms with van der Waals surface area (Å²) >= 11 is 2.57. The molecular formula is C16H16N6O3S2. The summed E-state index contributed by atoms with van der Waals surface area (Å²) in [7, 11) is 1.84. The van der Waals surface area contributed by atoms with Crippen LogP contribution in [-0.4, -0.2) is 35.8 Å². The zero-order valence-electron chi connectivity index (χ0n) is 14.7. The van der Waals surface area contributed by atoms with Crippen LogP contribution in [-0.2, 0) is 11.8 Å². The number of benzene rings is 1. The highest BCUT2D eigenvalue weighted by molar-refractivity contribution is 8.00. The van der Waals surface area contributed by atoms with Gasteiger partial charge in [-0.05, 0) is 13.8 Å². The Hall–Kier alpha value is -2.79. The predicted octanol–water partition coefficient (Wildman–Crippen LogP) is 3.27. The van der Waals surface area contributed by atoms with Gasteiger partial charge in [0.15, 0.2) is 10.3 Å². The van der Waals surface area contributed by atoms with E-state index in [2.05, 4.69) is 20.5 Å². The molecule has 0 radical (unpaired) electrons. The van der Waals surface area contributed by atoms with Crippen LogP contribution >= 0.6 is 23.1 Å². The molecule has 0 saturated carbocycles. The minimum absolute atomic E-state index is 0.00456. The second kappa shape index (κ2) is 7.84. The molecule has 0 aliphatic rings. The molecule has 2 aromatic heterocycles. The van der Waals surface area contributed by atoms with Gasteiger partial charge in [-0.15, -0.1) is 21.5 Å². The first-order valence-corrected chi connectivity index (χ1v) is 9.65. The number of nitro groups is 1. The fraction of sp³-hybridized carbons (Fsp3) is 0.250. The van der Waals surface area contributed by atoms with E-state index >= 15 is 0 Å². The van der Waals surface area contributed by atoms with Crippen molar-refractivity contribution >= 4 is 39.8 Å². The number of nitrogens with zero attached hydrogens (tertiary/aromatic N) is 5. The molecule has 27 heavy (non-hydrogen) atoms. The number of thiazole rings is 1.